The van der Waals surface area contributed by atoms with Gasteiger partial charge in [-0.1, -0.05) is 32.0 Å². The van der Waals surface area contributed by atoms with Crippen molar-refractivity contribution < 1.29 is 14.3 Å². The number of amides is 3. The van der Waals surface area contributed by atoms with Gasteiger partial charge in [-0.15, -0.1) is 0 Å². The number of ether oxygens (including phenoxy) is 1. The summed E-state index contributed by atoms with van der Waals surface area (Å²) in [7, 11) is 0. The molecule has 0 aliphatic carbocycles. The number of rotatable bonds is 4. The van der Waals surface area contributed by atoms with Crippen molar-refractivity contribution in [2.24, 2.45) is 5.92 Å². The van der Waals surface area contributed by atoms with Crippen LogP contribution < -0.4 is 10.2 Å². The van der Waals surface area contributed by atoms with Crippen LogP contribution in [0.3, 0.4) is 0 Å². The van der Waals surface area contributed by atoms with Gasteiger partial charge < -0.3 is 19.9 Å². The van der Waals surface area contributed by atoms with Crippen LogP contribution in [-0.4, -0.2) is 55.7 Å². The monoisotopic (exact) mass is 345 g/mol. The number of para-hydroxylation sites is 1. The van der Waals surface area contributed by atoms with Crippen molar-refractivity contribution in [3.63, 3.8) is 0 Å². The number of carbonyl (C=O) groups is 2. The maximum absolute atomic E-state index is 13.1. The van der Waals surface area contributed by atoms with Crippen LogP contribution in [0.15, 0.2) is 24.3 Å². The van der Waals surface area contributed by atoms with Gasteiger partial charge in [0, 0.05) is 25.3 Å². The van der Waals surface area contributed by atoms with Crippen LogP contribution in [0.5, 0.6) is 0 Å². The number of urea groups is 1. The molecule has 1 atom stereocenters. The molecule has 0 unspecified atom stereocenters. The first-order valence-corrected chi connectivity index (χ1v) is 9.08. The predicted molar refractivity (Wildman–Crippen MR) is 96.7 cm³/mol. The molecule has 25 heavy (non-hydrogen) atoms. The van der Waals surface area contributed by atoms with E-state index in [1.54, 1.807) is 4.90 Å². The van der Waals surface area contributed by atoms with Crippen LogP contribution in [0, 0.1) is 5.92 Å². The van der Waals surface area contributed by atoms with Gasteiger partial charge in [-0.2, -0.15) is 0 Å². The minimum absolute atomic E-state index is 0.0136. The molecule has 0 aromatic heterocycles. The fourth-order valence-electron chi connectivity index (χ4n) is 3.45. The van der Waals surface area contributed by atoms with Crippen molar-refractivity contribution in [2.75, 3.05) is 37.7 Å². The Morgan fingerprint density at radius 3 is 2.60 bits per heavy atom. The third kappa shape index (κ3) is 4.12. The van der Waals surface area contributed by atoms with Crippen LogP contribution in [-0.2, 0) is 16.0 Å². The van der Waals surface area contributed by atoms with Gasteiger partial charge in [0.25, 0.3) is 0 Å². The van der Waals surface area contributed by atoms with Crippen molar-refractivity contribution in [3.8, 4) is 0 Å². The summed E-state index contributed by atoms with van der Waals surface area (Å²) in [6, 6.07) is 7.33. The van der Waals surface area contributed by atoms with E-state index in [2.05, 4.69) is 25.2 Å². The summed E-state index contributed by atoms with van der Waals surface area (Å²) in [4.78, 5) is 29.2. The molecule has 2 aliphatic heterocycles. The Morgan fingerprint density at radius 1 is 1.16 bits per heavy atom. The molecule has 1 N–H and O–H groups in total. The number of nitrogens with zero attached hydrogens (tertiary/aromatic N) is 2. The molecular weight excluding hydrogens is 318 g/mol. The van der Waals surface area contributed by atoms with E-state index in [4.69, 9.17) is 4.74 Å². The molecule has 0 spiro atoms. The lowest BCUT2D eigenvalue weighted by Crippen LogP contribution is -2.54. The highest BCUT2D eigenvalue weighted by molar-refractivity contribution is 6.00. The second-order valence-corrected chi connectivity index (χ2v) is 7.10. The van der Waals surface area contributed by atoms with Crippen molar-refractivity contribution in [1.82, 2.24) is 10.2 Å². The van der Waals surface area contributed by atoms with Crippen LogP contribution in [0.1, 0.15) is 25.8 Å². The van der Waals surface area contributed by atoms with E-state index in [-0.39, 0.29) is 11.9 Å². The van der Waals surface area contributed by atoms with E-state index in [1.807, 2.05) is 23.1 Å². The Bertz CT molecular complexity index is 626. The van der Waals surface area contributed by atoms with Crippen molar-refractivity contribution in [3.05, 3.63) is 29.8 Å². The molecule has 0 bridgehead atoms. The molecule has 2 heterocycles. The fraction of sp³-hybridized carbons (Fsp3) is 0.579. The van der Waals surface area contributed by atoms with Crippen molar-refractivity contribution in [1.29, 1.82) is 0 Å². The molecule has 3 rings (SSSR count). The van der Waals surface area contributed by atoms with E-state index >= 15 is 0 Å². The highest BCUT2D eigenvalue weighted by atomic mass is 16.5. The Balaban J connectivity index is 1.71. The number of hydrogen-bond donors (Lipinski definition) is 1. The van der Waals surface area contributed by atoms with Crippen LogP contribution in [0.25, 0.3) is 0 Å². The molecule has 1 fully saturated rings. The quantitative estimate of drug-likeness (QED) is 0.908. The number of nitrogens with one attached hydrogen (secondary N) is 1. The zero-order valence-corrected chi connectivity index (χ0v) is 15.0. The number of benzene rings is 1. The third-order valence-corrected chi connectivity index (χ3v) is 4.75. The van der Waals surface area contributed by atoms with Gasteiger partial charge in [0.2, 0.25) is 5.91 Å². The maximum Gasteiger partial charge on any atom is 0.318 e. The van der Waals surface area contributed by atoms with Gasteiger partial charge >= 0.3 is 6.03 Å². The maximum atomic E-state index is 13.1. The van der Waals surface area contributed by atoms with Gasteiger partial charge in [-0.05, 0) is 30.4 Å². The van der Waals surface area contributed by atoms with Gasteiger partial charge in [0.05, 0.1) is 13.2 Å². The molecule has 1 aromatic rings. The molecule has 0 radical (unpaired) electrons. The number of hydrogen-bond acceptors (Lipinski definition) is 3. The molecular formula is C19H27N3O3. The summed E-state index contributed by atoms with van der Waals surface area (Å²) in [5.74, 6) is 0.303. The van der Waals surface area contributed by atoms with Gasteiger partial charge in [-0.3, -0.25) is 4.79 Å². The van der Waals surface area contributed by atoms with Gasteiger partial charge in [-0.25, -0.2) is 4.79 Å². The largest absolute Gasteiger partial charge is 0.378 e. The molecule has 1 aromatic carbocycles. The highest BCUT2D eigenvalue weighted by Crippen LogP contribution is 2.28. The topological polar surface area (TPSA) is 61.9 Å². The Morgan fingerprint density at radius 2 is 1.88 bits per heavy atom. The SMILES string of the molecule is CC(C)C[C@H](NC(=O)N1CCOCC1)C(=O)N1CCc2ccccc21. The Hall–Kier alpha value is -2.08. The van der Waals surface area contributed by atoms with E-state index in [9.17, 15) is 9.59 Å². The predicted octanol–water partition coefficient (Wildman–Crippen LogP) is 2.03. The minimum Gasteiger partial charge on any atom is -0.378 e. The first kappa shape index (κ1) is 17.7. The number of carbonyl (C=O) groups excluding carboxylic acids is 2. The lowest BCUT2D eigenvalue weighted by molar-refractivity contribution is -0.120. The lowest BCUT2D eigenvalue weighted by Gasteiger charge is -2.31. The fourth-order valence-corrected chi connectivity index (χ4v) is 3.45. The van der Waals surface area contributed by atoms with Crippen LogP contribution in [0.2, 0.25) is 0 Å². The summed E-state index contributed by atoms with van der Waals surface area (Å²) in [5.41, 5.74) is 2.17. The lowest BCUT2D eigenvalue weighted by atomic mass is 10.0. The second kappa shape index (κ2) is 7.87. The van der Waals surface area contributed by atoms with E-state index in [0.717, 1.165) is 12.1 Å². The summed E-state index contributed by atoms with van der Waals surface area (Å²) in [5, 5.41) is 2.97. The zero-order chi connectivity index (χ0) is 17.8. The van der Waals surface area contributed by atoms with E-state index in [0.29, 0.717) is 45.2 Å². The summed E-state index contributed by atoms with van der Waals surface area (Å²) < 4.78 is 5.29. The number of fused-ring (bicyclic) bond motifs is 1. The standard InChI is InChI=1S/C19H27N3O3/c1-14(2)13-16(20-19(24)21-9-11-25-12-10-21)18(23)22-8-7-15-5-3-4-6-17(15)22/h3-6,14,16H,7-13H2,1-2H3,(H,20,24)/t16-/m0/s1. The van der Waals surface area contributed by atoms with Crippen LogP contribution >= 0.6 is 0 Å². The normalized spacial score (nSPS) is 18.2. The van der Waals surface area contributed by atoms with Gasteiger partial charge in [0.1, 0.15) is 6.04 Å². The summed E-state index contributed by atoms with van der Waals surface area (Å²) in [6.07, 6.45) is 1.50. The smallest absolute Gasteiger partial charge is 0.318 e. The van der Waals surface area contributed by atoms with E-state index in [1.165, 1.54) is 5.56 Å². The molecule has 2 aliphatic rings. The molecule has 6 nitrogen and oxygen atoms in total. The third-order valence-electron chi connectivity index (χ3n) is 4.75. The molecule has 0 saturated carbocycles. The molecule has 3 amide bonds. The average molecular weight is 345 g/mol. The highest BCUT2D eigenvalue weighted by Gasteiger charge is 2.32. The molecule has 1 saturated heterocycles. The summed E-state index contributed by atoms with van der Waals surface area (Å²) >= 11 is 0. The first-order valence-electron chi connectivity index (χ1n) is 9.08. The second-order valence-electron chi connectivity index (χ2n) is 7.10. The average Bonchev–Trinajstić information content (AvgIpc) is 3.05. The van der Waals surface area contributed by atoms with Crippen LogP contribution in [0.4, 0.5) is 10.5 Å². The van der Waals surface area contributed by atoms with Crippen molar-refractivity contribution in [2.45, 2.75) is 32.7 Å². The summed E-state index contributed by atoms with van der Waals surface area (Å²) in [6.45, 7) is 7.06. The number of anilines is 1. The van der Waals surface area contributed by atoms with E-state index < -0.39 is 6.04 Å². The minimum atomic E-state index is -0.499. The molecule has 136 valence electrons. The van der Waals surface area contributed by atoms with Crippen molar-refractivity contribution >= 4 is 17.6 Å². The molecule has 6 heteroatoms. The zero-order valence-electron chi connectivity index (χ0n) is 15.0. The Kier molecular flexibility index (Phi) is 5.58. The Labute approximate surface area is 149 Å². The number of morpholine rings is 1. The van der Waals surface area contributed by atoms with Gasteiger partial charge in [0.15, 0.2) is 0 Å². The first-order chi connectivity index (χ1) is 12.1.